The third kappa shape index (κ3) is 2.77. The second-order valence-corrected chi connectivity index (χ2v) is 7.16. The Bertz CT molecular complexity index is 462. The van der Waals surface area contributed by atoms with Crippen LogP contribution in [0.15, 0.2) is 0 Å². The Hall–Kier alpha value is -1.39. The minimum atomic E-state index is -0.112. The number of imide groups is 1. The van der Waals surface area contributed by atoms with E-state index in [1.807, 2.05) is 7.05 Å². The van der Waals surface area contributed by atoms with Gasteiger partial charge in [0.15, 0.2) is 0 Å². The molecule has 0 aromatic rings. The number of amides is 3. The largest absolute Gasteiger partial charge is 0.343 e. The van der Waals surface area contributed by atoms with Gasteiger partial charge in [-0.1, -0.05) is 12.8 Å². The first kappa shape index (κ1) is 15.5. The van der Waals surface area contributed by atoms with Gasteiger partial charge in [0.25, 0.3) is 0 Å². The summed E-state index contributed by atoms with van der Waals surface area (Å²) >= 11 is 0. The van der Waals surface area contributed by atoms with Crippen molar-refractivity contribution in [3.8, 4) is 0 Å². The van der Waals surface area contributed by atoms with Crippen LogP contribution in [0.4, 0.5) is 0 Å². The van der Waals surface area contributed by atoms with Crippen molar-refractivity contribution < 1.29 is 14.4 Å². The van der Waals surface area contributed by atoms with Crippen LogP contribution in [0.3, 0.4) is 0 Å². The van der Waals surface area contributed by atoms with Gasteiger partial charge in [-0.25, -0.2) is 0 Å². The molecule has 1 aliphatic heterocycles. The molecule has 3 fully saturated rings. The van der Waals surface area contributed by atoms with Crippen LogP contribution >= 0.6 is 0 Å². The average molecular weight is 306 g/mol. The highest BCUT2D eigenvalue weighted by molar-refractivity contribution is 6.05. The third-order valence-corrected chi connectivity index (χ3v) is 5.79. The van der Waals surface area contributed by atoms with E-state index in [4.69, 9.17) is 0 Å². The molecule has 3 rings (SSSR count). The summed E-state index contributed by atoms with van der Waals surface area (Å²) in [5, 5.41) is 0. The Morgan fingerprint density at radius 3 is 2.18 bits per heavy atom. The number of nitrogens with zero attached hydrogens (tertiary/aromatic N) is 2. The SMILES string of the molecule is CC(C1CC1)N(C)C(=O)CCN1C(=O)C2CCCCC2C1=O. The maximum Gasteiger partial charge on any atom is 0.233 e. The Kier molecular flexibility index (Phi) is 4.24. The summed E-state index contributed by atoms with van der Waals surface area (Å²) in [7, 11) is 1.83. The first-order chi connectivity index (χ1) is 10.5. The van der Waals surface area contributed by atoms with Gasteiger partial charge < -0.3 is 4.90 Å². The molecule has 2 saturated carbocycles. The molecule has 0 bridgehead atoms. The van der Waals surface area contributed by atoms with Crippen molar-refractivity contribution in [2.75, 3.05) is 13.6 Å². The van der Waals surface area contributed by atoms with Gasteiger partial charge in [0.1, 0.15) is 0 Å². The molecule has 22 heavy (non-hydrogen) atoms. The molecule has 0 aromatic carbocycles. The monoisotopic (exact) mass is 306 g/mol. The van der Waals surface area contributed by atoms with Gasteiger partial charge >= 0.3 is 0 Å². The lowest BCUT2D eigenvalue weighted by Crippen LogP contribution is -2.40. The van der Waals surface area contributed by atoms with E-state index in [9.17, 15) is 14.4 Å². The molecule has 3 amide bonds. The summed E-state index contributed by atoms with van der Waals surface area (Å²) in [4.78, 5) is 40.2. The highest BCUT2D eigenvalue weighted by Crippen LogP contribution is 2.38. The van der Waals surface area contributed by atoms with Gasteiger partial charge in [-0.15, -0.1) is 0 Å². The van der Waals surface area contributed by atoms with Crippen LogP contribution in [0, 0.1) is 17.8 Å². The van der Waals surface area contributed by atoms with Crippen LogP contribution in [0.5, 0.6) is 0 Å². The molecule has 5 heteroatoms. The minimum absolute atomic E-state index is 0.0369. The molecule has 1 saturated heterocycles. The lowest BCUT2D eigenvalue weighted by molar-refractivity contribution is -0.141. The summed E-state index contributed by atoms with van der Waals surface area (Å²) in [5.74, 6) is 0.362. The van der Waals surface area contributed by atoms with Gasteiger partial charge in [-0.3, -0.25) is 19.3 Å². The summed E-state index contributed by atoms with van der Waals surface area (Å²) in [6.07, 6.45) is 6.39. The summed E-state index contributed by atoms with van der Waals surface area (Å²) in [6, 6.07) is 0.264. The zero-order valence-electron chi connectivity index (χ0n) is 13.6. The van der Waals surface area contributed by atoms with Gasteiger partial charge in [-0.2, -0.15) is 0 Å². The van der Waals surface area contributed by atoms with Crippen molar-refractivity contribution in [2.45, 2.75) is 57.9 Å². The quantitative estimate of drug-likeness (QED) is 0.728. The molecule has 2 aliphatic carbocycles. The number of hydrogen-bond donors (Lipinski definition) is 0. The van der Waals surface area contributed by atoms with Crippen LogP contribution in [0.2, 0.25) is 0 Å². The molecule has 3 unspecified atom stereocenters. The van der Waals surface area contributed by atoms with Crippen LogP contribution in [-0.2, 0) is 14.4 Å². The minimum Gasteiger partial charge on any atom is -0.343 e. The molecular weight excluding hydrogens is 280 g/mol. The van der Waals surface area contributed by atoms with Gasteiger partial charge in [0.2, 0.25) is 17.7 Å². The zero-order valence-corrected chi connectivity index (χ0v) is 13.6. The predicted octanol–water partition coefficient (Wildman–Crippen LogP) is 1.81. The number of carbonyl (C=O) groups is 3. The molecule has 1 heterocycles. The fraction of sp³-hybridized carbons (Fsp3) is 0.824. The number of likely N-dealkylation sites (tertiary alicyclic amines) is 1. The zero-order chi connectivity index (χ0) is 15.9. The average Bonchev–Trinajstić information content (AvgIpc) is 3.34. The van der Waals surface area contributed by atoms with Crippen molar-refractivity contribution in [3.63, 3.8) is 0 Å². The summed E-state index contributed by atoms with van der Waals surface area (Å²) in [5.41, 5.74) is 0. The molecule has 122 valence electrons. The highest BCUT2D eigenvalue weighted by atomic mass is 16.2. The maximum absolute atomic E-state index is 12.4. The van der Waals surface area contributed by atoms with Crippen LogP contribution < -0.4 is 0 Å². The first-order valence-electron chi connectivity index (χ1n) is 8.61. The topological polar surface area (TPSA) is 57.7 Å². The molecule has 0 radical (unpaired) electrons. The highest BCUT2D eigenvalue weighted by Gasteiger charge is 2.48. The summed E-state index contributed by atoms with van der Waals surface area (Å²) < 4.78 is 0. The van der Waals surface area contributed by atoms with Crippen LogP contribution in [0.1, 0.15) is 51.9 Å². The summed E-state index contributed by atoms with van der Waals surface area (Å²) in [6.45, 7) is 2.33. The van der Waals surface area contributed by atoms with E-state index in [2.05, 4.69) is 6.92 Å². The van der Waals surface area contributed by atoms with Crippen molar-refractivity contribution in [1.82, 2.24) is 9.80 Å². The molecule has 3 aliphatic rings. The smallest absolute Gasteiger partial charge is 0.233 e. The Labute approximate surface area is 132 Å². The maximum atomic E-state index is 12.4. The van der Waals surface area contributed by atoms with Gasteiger partial charge in [-0.05, 0) is 38.5 Å². The van der Waals surface area contributed by atoms with E-state index in [0.717, 1.165) is 25.7 Å². The second-order valence-electron chi connectivity index (χ2n) is 7.16. The number of hydrogen-bond acceptors (Lipinski definition) is 3. The van der Waals surface area contributed by atoms with E-state index in [1.165, 1.54) is 17.7 Å². The molecule has 0 N–H and O–H groups in total. The van der Waals surface area contributed by atoms with E-state index in [-0.39, 0.29) is 48.6 Å². The van der Waals surface area contributed by atoms with E-state index < -0.39 is 0 Å². The van der Waals surface area contributed by atoms with E-state index in [0.29, 0.717) is 5.92 Å². The molecule has 0 aromatic heterocycles. The fourth-order valence-electron chi connectivity index (χ4n) is 3.96. The molecular formula is C17H26N2O3. The number of carbonyl (C=O) groups excluding carboxylic acids is 3. The third-order valence-electron chi connectivity index (χ3n) is 5.79. The molecule has 3 atom stereocenters. The predicted molar refractivity (Wildman–Crippen MR) is 81.7 cm³/mol. The fourth-order valence-corrected chi connectivity index (χ4v) is 3.96. The number of rotatable bonds is 5. The second kappa shape index (κ2) is 6.01. The van der Waals surface area contributed by atoms with Gasteiger partial charge in [0.05, 0.1) is 11.8 Å². The van der Waals surface area contributed by atoms with E-state index in [1.54, 1.807) is 4.90 Å². The van der Waals surface area contributed by atoms with Crippen LogP contribution in [-0.4, -0.2) is 47.2 Å². The van der Waals surface area contributed by atoms with Crippen molar-refractivity contribution in [2.24, 2.45) is 17.8 Å². The normalized spacial score (nSPS) is 29.5. The lowest BCUT2D eigenvalue weighted by atomic mass is 9.81. The van der Waals surface area contributed by atoms with Gasteiger partial charge in [0, 0.05) is 26.1 Å². The van der Waals surface area contributed by atoms with Crippen molar-refractivity contribution >= 4 is 17.7 Å². The number of fused-ring (bicyclic) bond motifs is 1. The Morgan fingerprint density at radius 1 is 1.14 bits per heavy atom. The first-order valence-corrected chi connectivity index (χ1v) is 8.61. The standard InChI is InChI=1S/C17H26N2O3/c1-11(12-7-8-12)18(2)15(20)9-10-19-16(21)13-5-3-4-6-14(13)17(19)22/h11-14H,3-10H2,1-2H3. The van der Waals surface area contributed by atoms with Crippen LogP contribution in [0.25, 0.3) is 0 Å². The molecule has 5 nitrogen and oxygen atoms in total. The Morgan fingerprint density at radius 2 is 1.68 bits per heavy atom. The molecule has 0 spiro atoms. The van der Waals surface area contributed by atoms with Crippen molar-refractivity contribution in [3.05, 3.63) is 0 Å². The lowest BCUT2D eigenvalue weighted by Gasteiger charge is -2.25. The Balaban J connectivity index is 1.55. The van der Waals surface area contributed by atoms with Crippen molar-refractivity contribution in [1.29, 1.82) is 0 Å². The van der Waals surface area contributed by atoms with E-state index >= 15 is 0 Å².